The van der Waals surface area contributed by atoms with Crippen LogP contribution in [0.4, 0.5) is 0 Å². The van der Waals surface area contributed by atoms with E-state index in [0.29, 0.717) is 73.8 Å². The van der Waals surface area contributed by atoms with Gasteiger partial charge in [0.25, 0.3) is 11.7 Å². The van der Waals surface area contributed by atoms with E-state index in [1.54, 1.807) is 42.3 Å². The van der Waals surface area contributed by atoms with Gasteiger partial charge in [-0.2, -0.15) is 0 Å². The lowest BCUT2D eigenvalue weighted by Gasteiger charge is -2.31. The van der Waals surface area contributed by atoms with Crippen LogP contribution in [0.5, 0.6) is 17.2 Å². The Bertz CT molecular complexity index is 1280. The Balaban J connectivity index is 1.73. The zero-order chi connectivity index (χ0) is 30.2. The average molecular weight is 581 g/mol. The first-order chi connectivity index (χ1) is 20.2. The van der Waals surface area contributed by atoms with Crippen LogP contribution in [-0.2, 0) is 14.3 Å². The van der Waals surface area contributed by atoms with Gasteiger partial charge in [-0.05, 0) is 60.7 Å². The molecule has 2 aromatic carbocycles. The third-order valence-electron chi connectivity index (χ3n) is 7.58. The smallest absolute Gasteiger partial charge is 0.295 e. The minimum absolute atomic E-state index is 0.0546. The van der Waals surface area contributed by atoms with Gasteiger partial charge in [-0.15, -0.1) is 0 Å². The molecule has 2 aliphatic rings. The molecule has 9 heteroatoms. The molecule has 228 valence electrons. The van der Waals surface area contributed by atoms with E-state index in [1.807, 2.05) is 13.0 Å². The number of ketones is 1. The number of methoxy groups -OCH3 is 1. The van der Waals surface area contributed by atoms with Crippen LogP contribution in [0, 0.1) is 12.8 Å². The van der Waals surface area contributed by atoms with Crippen molar-refractivity contribution in [3.63, 3.8) is 0 Å². The molecule has 2 saturated heterocycles. The number of nitrogens with zero attached hydrogens (tertiary/aromatic N) is 2. The molecule has 1 N–H and O–H groups in total. The second-order valence-electron chi connectivity index (χ2n) is 11.2. The Hall–Kier alpha value is -3.56. The molecule has 1 atom stereocenters. The summed E-state index contributed by atoms with van der Waals surface area (Å²) in [5.41, 5.74) is 1.99. The fourth-order valence-electron chi connectivity index (χ4n) is 5.20. The topological polar surface area (TPSA) is 97.8 Å². The largest absolute Gasteiger partial charge is 0.507 e. The summed E-state index contributed by atoms with van der Waals surface area (Å²) in [7, 11) is 1.56. The second kappa shape index (κ2) is 14.6. The third-order valence-corrected chi connectivity index (χ3v) is 7.58. The Morgan fingerprint density at radius 3 is 2.43 bits per heavy atom. The van der Waals surface area contributed by atoms with Gasteiger partial charge in [0.1, 0.15) is 11.5 Å². The van der Waals surface area contributed by atoms with Crippen LogP contribution in [0.15, 0.2) is 42.0 Å². The Morgan fingerprint density at radius 1 is 1.02 bits per heavy atom. The number of aryl methyl sites for hydroxylation is 1. The van der Waals surface area contributed by atoms with Crippen molar-refractivity contribution in [1.82, 2.24) is 9.80 Å². The number of aliphatic hydroxyl groups excluding tert-OH is 1. The van der Waals surface area contributed by atoms with E-state index in [-0.39, 0.29) is 11.3 Å². The maximum atomic E-state index is 13.6. The van der Waals surface area contributed by atoms with Crippen LogP contribution in [0.3, 0.4) is 0 Å². The monoisotopic (exact) mass is 580 g/mol. The van der Waals surface area contributed by atoms with Crippen molar-refractivity contribution in [3.8, 4) is 17.2 Å². The maximum Gasteiger partial charge on any atom is 0.295 e. The number of carbonyl (C=O) groups excluding carboxylic acids is 2. The first-order valence-corrected chi connectivity index (χ1v) is 14.9. The third kappa shape index (κ3) is 7.25. The maximum absolute atomic E-state index is 13.6. The highest BCUT2D eigenvalue weighted by molar-refractivity contribution is 6.46. The van der Waals surface area contributed by atoms with Crippen molar-refractivity contribution in [3.05, 3.63) is 58.7 Å². The minimum atomic E-state index is -0.790. The molecule has 1 amide bonds. The van der Waals surface area contributed by atoms with Gasteiger partial charge in [-0.3, -0.25) is 14.5 Å². The molecule has 2 aliphatic heterocycles. The van der Waals surface area contributed by atoms with Crippen LogP contribution in [0.2, 0.25) is 0 Å². The van der Waals surface area contributed by atoms with Crippen molar-refractivity contribution in [2.24, 2.45) is 5.92 Å². The summed E-state index contributed by atoms with van der Waals surface area (Å²) in [4.78, 5) is 30.8. The van der Waals surface area contributed by atoms with Gasteiger partial charge in [0, 0.05) is 31.7 Å². The van der Waals surface area contributed by atoms with Crippen LogP contribution in [0.25, 0.3) is 5.76 Å². The van der Waals surface area contributed by atoms with E-state index < -0.39 is 17.7 Å². The molecule has 0 radical (unpaired) electrons. The van der Waals surface area contributed by atoms with E-state index in [9.17, 15) is 14.7 Å². The molecule has 4 rings (SSSR count). The van der Waals surface area contributed by atoms with E-state index in [0.717, 1.165) is 31.5 Å². The van der Waals surface area contributed by atoms with Gasteiger partial charge < -0.3 is 29.0 Å². The molecule has 42 heavy (non-hydrogen) atoms. The SMILES string of the molecule is CCCCOc1ccc(C2/C(=C(\O)c3ccc(OCC(C)C)c(C)c3)C(=O)C(=O)N2CCN2CCOCC2)cc1OC. The van der Waals surface area contributed by atoms with Gasteiger partial charge in [0.2, 0.25) is 0 Å². The number of amides is 1. The molecule has 2 heterocycles. The van der Waals surface area contributed by atoms with Crippen LogP contribution in [-0.4, -0.2) is 86.3 Å². The molecule has 0 saturated carbocycles. The van der Waals surface area contributed by atoms with Crippen molar-refractivity contribution in [2.45, 2.75) is 46.6 Å². The van der Waals surface area contributed by atoms with E-state index in [1.165, 1.54) is 0 Å². The molecule has 1 unspecified atom stereocenters. The molecule has 0 bridgehead atoms. The van der Waals surface area contributed by atoms with Gasteiger partial charge >= 0.3 is 0 Å². The lowest BCUT2D eigenvalue weighted by molar-refractivity contribution is -0.140. The first-order valence-electron chi connectivity index (χ1n) is 14.9. The van der Waals surface area contributed by atoms with Gasteiger partial charge in [0.05, 0.1) is 45.2 Å². The predicted molar refractivity (Wildman–Crippen MR) is 161 cm³/mol. The Kier molecular flexibility index (Phi) is 10.9. The number of benzene rings is 2. The standard InChI is InChI=1S/C33H44N2O7/c1-6-7-16-41-27-11-8-24(20-28(27)39-5)30-29(31(36)25-9-10-26(23(4)19-25)42-21-22(2)3)32(37)33(38)35(30)13-12-34-14-17-40-18-15-34/h8-11,19-20,22,30,36H,6-7,12-18,21H2,1-5H3/b31-29+. The fraction of sp³-hybridized carbons (Fsp3) is 0.515. The van der Waals surface area contributed by atoms with E-state index in [4.69, 9.17) is 18.9 Å². The summed E-state index contributed by atoms with van der Waals surface area (Å²) < 4.78 is 22.9. The number of aliphatic hydroxyl groups is 1. The van der Waals surface area contributed by atoms with Crippen LogP contribution in [0.1, 0.15) is 56.3 Å². The normalized spacial score (nSPS) is 19.0. The molecular weight excluding hydrogens is 536 g/mol. The molecule has 0 aromatic heterocycles. The summed E-state index contributed by atoms with van der Waals surface area (Å²) in [5.74, 6) is 0.619. The first kappa shape index (κ1) is 31.4. The number of hydrogen-bond donors (Lipinski definition) is 1. The molecule has 0 spiro atoms. The molecule has 9 nitrogen and oxygen atoms in total. The van der Waals surface area contributed by atoms with Crippen molar-refractivity contribution >= 4 is 17.4 Å². The lowest BCUT2D eigenvalue weighted by Crippen LogP contribution is -2.42. The van der Waals surface area contributed by atoms with Crippen LogP contribution >= 0.6 is 0 Å². The Morgan fingerprint density at radius 2 is 1.76 bits per heavy atom. The van der Waals surface area contributed by atoms with E-state index >= 15 is 0 Å². The van der Waals surface area contributed by atoms with Gasteiger partial charge in [-0.1, -0.05) is 33.3 Å². The van der Waals surface area contributed by atoms with Crippen LogP contribution < -0.4 is 14.2 Å². The number of likely N-dealkylation sites (tertiary alicyclic amines) is 1. The highest BCUT2D eigenvalue weighted by atomic mass is 16.5. The minimum Gasteiger partial charge on any atom is -0.507 e. The number of rotatable bonds is 13. The molecule has 2 aromatic rings. The summed E-state index contributed by atoms with van der Waals surface area (Å²) >= 11 is 0. The number of carbonyl (C=O) groups is 2. The number of unbranched alkanes of at least 4 members (excludes halogenated alkanes) is 1. The number of morpholine rings is 1. The number of Topliss-reactive ketones (excluding diaryl/α,β-unsaturated/α-hetero) is 1. The molecule has 0 aliphatic carbocycles. The number of ether oxygens (including phenoxy) is 4. The average Bonchev–Trinajstić information content (AvgIpc) is 3.24. The zero-order valence-electron chi connectivity index (χ0n) is 25.5. The van der Waals surface area contributed by atoms with Gasteiger partial charge in [-0.25, -0.2) is 0 Å². The Labute approximate surface area is 249 Å². The van der Waals surface area contributed by atoms with Crippen molar-refractivity contribution in [2.75, 3.05) is 59.7 Å². The van der Waals surface area contributed by atoms with E-state index in [2.05, 4.69) is 25.7 Å². The highest BCUT2D eigenvalue weighted by Gasteiger charge is 2.46. The summed E-state index contributed by atoms with van der Waals surface area (Å²) in [5, 5.41) is 11.6. The zero-order valence-corrected chi connectivity index (χ0v) is 25.5. The summed E-state index contributed by atoms with van der Waals surface area (Å²) in [6, 6.07) is 9.95. The summed E-state index contributed by atoms with van der Waals surface area (Å²) in [6.45, 7) is 13.0. The second-order valence-corrected chi connectivity index (χ2v) is 11.2. The number of hydrogen-bond acceptors (Lipinski definition) is 8. The quantitative estimate of drug-likeness (QED) is 0.154. The summed E-state index contributed by atoms with van der Waals surface area (Å²) in [6.07, 6.45) is 1.91. The molecule has 2 fully saturated rings. The molecular formula is C33H44N2O7. The van der Waals surface area contributed by atoms with Gasteiger partial charge in [0.15, 0.2) is 11.5 Å². The highest BCUT2D eigenvalue weighted by Crippen LogP contribution is 2.42. The fourth-order valence-corrected chi connectivity index (χ4v) is 5.20. The lowest BCUT2D eigenvalue weighted by atomic mass is 9.94. The van der Waals surface area contributed by atoms with Crippen molar-refractivity contribution < 1.29 is 33.6 Å². The predicted octanol–water partition coefficient (Wildman–Crippen LogP) is 4.97. The van der Waals surface area contributed by atoms with Crippen molar-refractivity contribution in [1.29, 1.82) is 0 Å².